The Balaban J connectivity index is 1.99. The van der Waals surface area contributed by atoms with Crippen molar-refractivity contribution >= 4 is 11.9 Å². The van der Waals surface area contributed by atoms with Crippen LogP contribution in [0.4, 0.5) is 4.39 Å². The quantitative estimate of drug-likeness (QED) is 0.679. The van der Waals surface area contributed by atoms with Gasteiger partial charge in [0.25, 0.3) is 5.91 Å². The molecular formula is C22H21FN6O2. The van der Waals surface area contributed by atoms with Gasteiger partial charge in [-0.2, -0.15) is 0 Å². The van der Waals surface area contributed by atoms with E-state index in [9.17, 15) is 9.18 Å². The number of aromatic nitrogens is 3. The van der Waals surface area contributed by atoms with Crippen LogP contribution in [0.25, 0.3) is 11.1 Å². The molecule has 3 aromatic rings. The Morgan fingerprint density at radius 1 is 1.10 bits per heavy atom. The summed E-state index contributed by atoms with van der Waals surface area (Å²) in [4.78, 5) is 31.8. The lowest BCUT2D eigenvalue weighted by Gasteiger charge is -2.27. The molecule has 0 fully saturated rings. The molecule has 3 heterocycles. The Labute approximate surface area is 178 Å². The molecule has 0 aliphatic carbocycles. The van der Waals surface area contributed by atoms with Gasteiger partial charge >= 0.3 is 0 Å². The van der Waals surface area contributed by atoms with Crippen molar-refractivity contribution in [1.29, 1.82) is 0 Å². The molecule has 4 rings (SSSR count). The Morgan fingerprint density at radius 2 is 1.84 bits per heavy atom. The minimum atomic E-state index is -1.50. The second-order valence-corrected chi connectivity index (χ2v) is 7.18. The van der Waals surface area contributed by atoms with Crippen molar-refractivity contribution in [3.05, 3.63) is 71.6 Å². The van der Waals surface area contributed by atoms with Crippen LogP contribution in [0.1, 0.15) is 22.6 Å². The van der Waals surface area contributed by atoms with E-state index in [0.29, 0.717) is 22.7 Å². The molecule has 1 aliphatic heterocycles. The van der Waals surface area contributed by atoms with Crippen LogP contribution in [0.3, 0.4) is 0 Å². The van der Waals surface area contributed by atoms with Crippen molar-refractivity contribution in [3.8, 4) is 16.9 Å². The average molecular weight is 420 g/mol. The lowest BCUT2D eigenvalue weighted by molar-refractivity contribution is -0.129. The van der Waals surface area contributed by atoms with Crippen LogP contribution in [0.15, 0.2) is 53.9 Å². The molecule has 0 saturated carbocycles. The fraction of sp³-hybridized carbons (Fsp3) is 0.227. The first-order chi connectivity index (χ1) is 14.9. The van der Waals surface area contributed by atoms with Crippen molar-refractivity contribution < 1.29 is 13.9 Å². The van der Waals surface area contributed by atoms with Crippen LogP contribution >= 0.6 is 0 Å². The molecule has 158 valence electrons. The summed E-state index contributed by atoms with van der Waals surface area (Å²) in [6.45, 7) is 1.03. The second kappa shape index (κ2) is 7.75. The van der Waals surface area contributed by atoms with Gasteiger partial charge in [-0.3, -0.25) is 14.7 Å². The highest BCUT2D eigenvalue weighted by atomic mass is 19.1. The number of ether oxygens (including phenoxy) is 1. The van der Waals surface area contributed by atoms with Crippen LogP contribution in [-0.4, -0.2) is 45.9 Å². The topological polar surface area (TPSA) is 107 Å². The van der Waals surface area contributed by atoms with E-state index in [0.717, 1.165) is 11.1 Å². The zero-order valence-electron chi connectivity index (χ0n) is 17.3. The fourth-order valence-corrected chi connectivity index (χ4v) is 3.59. The molecule has 0 bridgehead atoms. The third kappa shape index (κ3) is 3.37. The maximum Gasteiger partial charge on any atom is 0.266 e. The van der Waals surface area contributed by atoms with Gasteiger partial charge in [-0.15, -0.1) is 0 Å². The van der Waals surface area contributed by atoms with Crippen molar-refractivity contribution in [3.63, 3.8) is 0 Å². The van der Waals surface area contributed by atoms with E-state index in [1.165, 1.54) is 24.3 Å². The number of hydrogen-bond donors (Lipinski definition) is 1. The Hall–Kier alpha value is -3.88. The highest BCUT2D eigenvalue weighted by Crippen LogP contribution is 2.42. The molecule has 0 spiro atoms. The maximum absolute atomic E-state index is 13.5. The Kier molecular flexibility index (Phi) is 5.10. The van der Waals surface area contributed by atoms with Gasteiger partial charge in [-0.25, -0.2) is 19.4 Å². The normalized spacial score (nSPS) is 18.3. The van der Waals surface area contributed by atoms with Gasteiger partial charge in [-0.05, 0) is 53.9 Å². The summed E-state index contributed by atoms with van der Waals surface area (Å²) in [7, 11) is 3.09. The number of nitrogens with zero attached hydrogens (tertiary/aromatic N) is 5. The van der Waals surface area contributed by atoms with Crippen LogP contribution in [0.2, 0.25) is 0 Å². The highest BCUT2D eigenvalue weighted by Gasteiger charge is 2.50. The monoisotopic (exact) mass is 420 g/mol. The minimum absolute atomic E-state index is 0.0617. The summed E-state index contributed by atoms with van der Waals surface area (Å²) in [6, 6.07) is 8.53. The molecule has 9 heteroatoms. The number of alkyl halides is 1. The van der Waals surface area contributed by atoms with Gasteiger partial charge in [0.15, 0.2) is 11.5 Å². The first kappa shape index (κ1) is 20.4. The van der Waals surface area contributed by atoms with Crippen LogP contribution < -0.4 is 10.5 Å². The van der Waals surface area contributed by atoms with E-state index in [1.54, 1.807) is 38.5 Å². The number of halogens is 1. The predicted octanol–water partition coefficient (Wildman–Crippen LogP) is 2.36. The number of aliphatic imine (C=N–C) groups is 1. The first-order valence-corrected chi connectivity index (χ1v) is 9.52. The number of hydrogen-bond acceptors (Lipinski definition) is 7. The molecule has 1 aromatic carbocycles. The number of methoxy groups -OCH3 is 1. The van der Waals surface area contributed by atoms with Gasteiger partial charge in [0, 0.05) is 31.2 Å². The third-order valence-corrected chi connectivity index (χ3v) is 5.29. The van der Waals surface area contributed by atoms with Crippen LogP contribution in [0.5, 0.6) is 5.75 Å². The number of carbonyl (C=O) groups is 1. The zero-order valence-corrected chi connectivity index (χ0v) is 17.3. The molecule has 1 unspecified atom stereocenters. The van der Waals surface area contributed by atoms with Crippen molar-refractivity contribution in [2.24, 2.45) is 10.7 Å². The Morgan fingerprint density at radius 3 is 2.45 bits per heavy atom. The number of carbonyl (C=O) groups excluding carboxylic acids is 1. The third-order valence-electron chi connectivity index (χ3n) is 5.29. The van der Waals surface area contributed by atoms with E-state index in [1.807, 2.05) is 12.1 Å². The molecule has 2 aromatic heterocycles. The number of benzene rings is 1. The van der Waals surface area contributed by atoms with E-state index >= 15 is 0 Å². The Bertz CT molecular complexity index is 1180. The largest absolute Gasteiger partial charge is 0.497 e. The average Bonchev–Trinajstić information content (AvgIpc) is 3.04. The zero-order chi connectivity index (χ0) is 22.2. The molecule has 1 amide bonds. The maximum atomic E-state index is 13.5. The summed E-state index contributed by atoms with van der Waals surface area (Å²) in [5, 5.41) is 0. The summed E-state index contributed by atoms with van der Waals surface area (Å²) in [5.74, 6) is 0.860. The highest BCUT2D eigenvalue weighted by molar-refractivity contribution is 6.09. The molecule has 8 nitrogen and oxygen atoms in total. The molecule has 1 atom stereocenters. The van der Waals surface area contributed by atoms with E-state index in [-0.39, 0.29) is 17.6 Å². The number of rotatable bonds is 5. The number of guanidine groups is 1. The van der Waals surface area contributed by atoms with Crippen LogP contribution in [0, 0.1) is 6.92 Å². The van der Waals surface area contributed by atoms with E-state index in [4.69, 9.17) is 10.5 Å². The second-order valence-electron chi connectivity index (χ2n) is 7.18. The number of nitrogens with two attached hydrogens (primary N) is 1. The number of pyridine rings is 1. The summed E-state index contributed by atoms with van der Waals surface area (Å²) in [5.41, 5.74) is 7.21. The van der Waals surface area contributed by atoms with Crippen molar-refractivity contribution in [2.75, 3.05) is 14.2 Å². The van der Waals surface area contributed by atoms with Crippen molar-refractivity contribution in [2.45, 2.75) is 19.1 Å². The van der Waals surface area contributed by atoms with Gasteiger partial charge in [-0.1, -0.05) is 0 Å². The lowest BCUT2D eigenvalue weighted by Crippen LogP contribution is -2.41. The number of likely N-dealkylation sites (N-methyl/N-ethyl adjacent to an activating group) is 1. The van der Waals surface area contributed by atoms with E-state index < -0.39 is 12.2 Å². The first-order valence-electron chi connectivity index (χ1n) is 9.52. The molecule has 0 saturated heterocycles. The van der Waals surface area contributed by atoms with Gasteiger partial charge in [0.2, 0.25) is 0 Å². The molecular weight excluding hydrogens is 399 g/mol. The molecule has 1 aliphatic rings. The fourth-order valence-electron chi connectivity index (χ4n) is 3.59. The van der Waals surface area contributed by atoms with Crippen LogP contribution in [-0.2, 0) is 17.0 Å². The van der Waals surface area contributed by atoms with Crippen molar-refractivity contribution in [1.82, 2.24) is 19.9 Å². The minimum Gasteiger partial charge on any atom is -0.497 e. The molecule has 2 N–H and O–H groups in total. The smallest absolute Gasteiger partial charge is 0.266 e. The summed E-state index contributed by atoms with van der Waals surface area (Å²) in [6.07, 6.45) is 4.85. The summed E-state index contributed by atoms with van der Waals surface area (Å²) < 4.78 is 18.9. The SMILES string of the molecule is COc1cc(-c2cnc(C)nc2)cc(C2(c3ccnc(CF)c3)N=C(N)N(C)C2=O)c1. The van der Waals surface area contributed by atoms with Gasteiger partial charge < -0.3 is 10.5 Å². The predicted molar refractivity (Wildman–Crippen MR) is 113 cm³/mol. The van der Waals surface area contributed by atoms with Gasteiger partial charge in [0.05, 0.1) is 12.8 Å². The summed E-state index contributed by atoms with van der Waals surface area (Å²) >= 11 is 0. The number of aryl methyl sites for hydroxylation is 1. The molecule has 31 heavy (non-hydrogen) atoms. The van der Waals surface area contributed by atoms with Gasteiger partial charge in [0.1, 0.15) is 18.2 Å². The number of amides is 1. The van der Waals surface area contributed by atoms with E-state index in [2.05, 4.69) is 19.9 Å². The molecule has 0 radical (unpaired) electrons. The lowest BCUT2D eigenvalue weighted by atomic mass is 9.81. The standard InChI is InChI=1S/C22H21FN6O2/c1-13-26-11-15(12-27-13)14-6-17(9-19(7-14)31-3)22(20(30)29(2)21(24)28-22)16-4-5-25-18(8-16)10-23/h4-9,11-12H,10H2,1-3H3,(H2,24,28).